The fourth-order valence-corrected chi connectivity index (χ4v) is 3.42. The molecule has 0 aromatic heterocycles. The van der Waals surface area contributed by atoms with Crippen LogP contribution in [0.25, 0.3) is 0 Å². The van der Waals surface area contributed by atoms with Gasteiger partial charge in [-0.3, -0.25) is 4.90 Å². The van der Waals surface area contributed by atoms with Gasteiger partial charge < -0.3 is 4.90 Å². The molecule has 2 bridgehead atoms. The van der Waals surface area contributed by atoms with Crippen molar-refractivity contribution in [2.45, 2.75) is 25.4 Å². The molecular formula is C15H22N2. The Balaban J connectivity index is 1.64. The lowest BCUT2D eigenvalue weighted by Gasteiger charge is -2.48. The van der Waals surface area contributed by atoms with Crippen molar-refractivity contribution in [1.82, 2.24) is 9.80 Å². The first-order valence-electron chi connectivity index (χ1n) is 6.79. The van der Waals surface area contributed by atoms with Gasteiger partial charge in [0.15, 0.2) is 0 Å². The minimum Gasteiger partial charge on any atom is -0.302 e. The van der Waals surface area contributed by atoms with E-state index in [2.05, 4.69) is 47.2 Å². The summed E-state index contributed by atoms with van der Waals surface area (Å²) in [6.45, 7) is 5.05. The summed E-state index contributed by atoms with van der Waals surface area (Å²) in [7, 11) is 2.29. The SMILES string of the molecule is CN(Cc1ccccc1)C1CN2CCC1CC2. The van der Waals surface area contributed by atoms with Gasteiger partial charge in [-0.15, -0.1) is 0 Å². The van der Waals surface area contributed by atoms with E-state index in [1.807, 2.05) is 0 Å². The van der Waals surface area contributed by atoms with E-state index in [4.69, 9.17) is 0 Å². The number of hydrogen-bond donors (Lipinski definition) is 0. The van der Waals surface area contributed by atoms with E-state index in [0.717, 1.165) is 18.5 Å². The van der Waals surface area contributed by atoms with Gasteiger partial charge in [-0.05, 0) is 44.5 Å². The molecule has 1 aromatic rings. The summed E-state index contributed by atoms with van der Waals surface area (Å²) in [5.41, 5.74) is 1.44. The Kier molecular flexibility index (Phi) is 3.17. The van der Waals surface area contributed by atoms with Crippen LogP contribution in [0.4, 0.5) is 0 Å². The summed E-state index contributed by atoms with van der Waals surface area (Å²) in [4.78, 5) is 5.19. The lowest BCUT2D eigenvalue weighted by atomic mass is 9.83. The lowest BCUT2D eigenvalue weighted by Crippen LogP contribution is -2.56. The van der Waals surface area contributed by atoms with Crippen LogP contribution in [0.2, 0.25) is 0 Å². The van der Waals surface area contributed by atoms with Crippen LogP contribution in [0.15, 0.2) is 30.3 Å². The highest BCUT2D eigenvalue weighted by Crippen LogP contribution is 2.30. The maximum Gasteiger partial charge on any atom is 0.0252 e. The van der Waals surface area contributed by atoms with Crippen LogP contribution < -0.4 is 0 Å². The molecule has 0 radical (unpaired) electrons. The minimum atomic E-state index is 0.776. The van der Waals surface area contributed by atoms with E-state index in [-0.39, 0.29) is 0 Å². The molecule has 17 heavy (non-hydrogen) atoms. The highest BCUT2D eigenvalue weighted by molar-refractivity contribution is 5.14. The highest BCUT2D eigenvalue weighted by atomic mass is 15.2. The molecule has 1 aromatic carbocycles. The van der Waals surface area contributed by atoms with Crippen molar-refractivity contribution < 1.29 is 0 Å². The molecule has 4 rings (SSSR count). The van der Waals surface area contributed by atoms with Crippen LogP contribution in [-0.2, 0) is 6.54 Å². The van der Waals surface area contributed by atoms with Gasteiger partial charge in [-0.1, -0.05) is 30.3 Å². The average molecular weight is 230 g/mol. The Morgan fingerprint density at radius 3 is 2.47 bits per heavy atom. The van der Waals surface area contributed by atoms with Crippen molar-refractivity contribution in [3.63, 3.8) is 0 Å². The number of likely N-dealkylation sites (N-methyl/N-ethyl adjacent to an activating group) is 1. The third-order valence-corrected chi connectivity index (χ3v) is 4.46. The van der Waals surface area contributed by atoms with Gasteiger partial charge >= 0.3 is 0 Å². The van der Waals surface area contributed by atoms with E-state index in [1.165, 1.54) is 38.0 Å². The van der Waals surface area contributed by atoms with Gasteiger partial charge in [-0.25, -0.2) is 0 Å². The van der Waals surface area contributed by atoms with E-state index >= 15 is 0 Å². The molecule has 0 N–H and O–H groups in total. The number of piperidine rings is 3. The van der Waals surface area contributed by atoms with Crippen molar-refractivity contribution in [3.05, 3.63) is 35.9 Å². The van der Waals surface area contributed by atoms with Crippen molar-refractivity contribution in [3.8, 4) is 0 Å². The van der Waals surface area contributed by atoms with E-state index < -0.39 is 0 Å². The number of benzene rings is 1. The third-order valence-electron chi connectivity index (χ3n) is 4.46. The molecule has 3 fully saturated rings. The van der Waals surface area contributed by atoms with Crippen molar-refractivity contribution >= 4 is 0 Å². The van der Waals surface area contributed by atoms with Crippen LogP contribution >= 0.6 is 0 Å². The minimum absolute atomic E-state index is 0.776. The molecule has 1 atom stereocenters. The predicted molar refractivity (Wildman–Crippen MR) is 70.9 cm³/mol. The van der Waals surface area contributed by atoms with Gasteiger partial charge in [0.1, 0.15) is 0 Å². The summed E-state index contributed by atoms with van der Waals surface area (Å²) in [6.07, 6.45) is 2.81. The quantitative estimate of drug-likeness (QED) is 0.785. The second-order valence-corrected chi connectivity index (χ2v) is 5.61. The maximum atomic E-state index is 2.63. The molecule has 0 amide bonds. The summed E-state index contributed by atoms with van der Waals surface area (Å²) in [6, 6.07) is 11.6. The van der Waals surface area contributed by atoms with Crippen LogP contribution in [0.1, 0.15) is 18.4 Å². The average Bonchev–Trinajstić information content (AvgIpc) is 2.41. The zero-order valence-electron chi connectivity index (χ0n) is 10.7. The van der Waals surface area contributed by atoms with Crippen LogP contribution in [0, 0.1) is 5.92 Å². The predicted octanol–water partition coefficient (Wildman–Crippen LogP) is 2.21. The fraction of sp³-hybridized carbons (Fsp3) is 0.600. The molecule has 0 saturated carbocycles. The van der Waals surface area contributed by atoms with Crippen LogP contribution in [0.5, 0.6) is 0 Å². The monoisotopic (exact) mass is 230 g/mol. The molecule has 2 heteroatoms. The first kappa shape index (κ1) is 11.2. The normalized spacial score (nSPS) is 32.0. The summed E-state index contributed by atoms with van der Waals surface area (Å²) in [5, 5.41) is 0. The standard InChI is InChI=1S/C15H22N2/c1-16(11-13-5-3-2-4-6-13)15-12-17-9-7-14(15)8-10-17/h2-6,14-15H,7-12H2,1H3. The smallest absolute Gasteiger partial charge is 0.0252 e. The lowest BCUT2D eigenvalue weighted by molar-refractivity contribution is 0.0135. The second kappa shape index (κ2) is 4.79. The van der Waals surface area contributed by atoms with Crippen LogP contribution in [0.3, 0.4) is 0 Å². The largest absolute Gasteiger partial charge is 0.302 e. The van der Waals surface area contributed by atoms with Crippen molar-refractivity contribution in [2.24, 2.45) is 5.92 Å². The zero-order chi connectivity index (χ0) is 11.7. The van der Waals surface area contributed by atoms with E-state index in [9.17, 15) is 0 Å². The molecule has 3 aliphatic rings. The molecule has 3 heterocycles. The van der Waals surface area contributed by atoms with Gasteiger partial charge in [0.05, 0.1) is 0 Å². The first-order valence-corrected chi connectivity index (χ1v) is 6.79. The van der Waals surface area contributed by atoms with E-state index in [1.54, 1.807) is 0 Å². The Bertz CT molecular complexity index is 354. The number of nitrogens with zero attached hydrogens (tertiary/aromatic N) is 2. The summed E-state index contributed by atoms with van der Waals surface area (Å²) < 4.78 is 0. The topological polar surface area (TPSA) is 6.48 Å². The molecule has 92 valence electrons. The summed E-state index contributed by atoms with van der Waals surface area (Å²) >= 11 is 0. The Morgan fingerprint density at radius 1 is 1.18 bits per heavy atom. The molecule has 3 saturated heterocycles. The maximum absolute atomic E-state index is 2.63. The van der Waals surface area contributed by atoms with Crippen molar-refractivity contribution in [1.29, 1.82) is 0 Å². The van der Waals surface area contributed by atoms with Gasteiger partial charge in [0, 0.05) is 19.1 Å². The molecular weight excluding hydrogens is 208 g/mol. The van der Waals surface area contributed by atoms with Crippen LogP contribution in [-0.4, -0.2) is 42.5 Å². The van der Waals surface area contributed by atoms with Gasteiger partial charge in [0.25, 0.3) is 0 Å². The highest BCUT2D eigenvalue weighted by Gasteiger charge is 2.35. The third kappa shape index (κ3) is 2.38. The first-order chi connectivity index (χ1) is 8.33. The summed E-state index contributed by atoms with van der Waals surface area (Å²) in [5.74, 6) is 0.939. The Labute approximate surface area is 104 Å². The fourth-order valence-electron chi connectivity index (χ4n) is 3.42. The molecule has 0 spiro atoms. The number of rotatable bonds is 3. The number of hydrogen-bond acceptors (Lipinski definition) is 2. The Hall–Kier alpha value is -0.860. The molecule has 2 nitrogen and oxygen atoms in total. The molecule has 3 aliphatic heterocycles. The van der Waals surface area contributed by atoms with Gasteiger partial charge in [0.2, 0.25) is 0 Å². The number of fused-ring (bicyclic) bond motifs is 3. The van der Waals surface area contributed by atoms with E-state index in [0.29, 0.717) is 0 Å². The van der Waals surface area contributed by atoms with Gasteiger partial charge in [-0.2, -0.15) is 0 Å². The molecule has 0 aliphatic carbocycles. The molecule has 1 unspecified atom stereocenters. The Morgan fingerprint density at radius 2 is 1.88 bits per heavy atom. The second-order valence-electron chi connectivity index (χ2n) is 5.61. The zero-order valence-corrected chi connectivity index (χ0v) is 10.7. The van der Waals surface area contributed by atoms with Crippen molar-refractivity contribution in [2.75, 3.05) is 26.7 Å².